The Kier molecular flexibility index (Phi) is 3.93. The third-order valence-corrected chi connectivity index (χ3v) is 1.78. The van der Waals surface area contributed by atoms with Crippen LogP contribution in [0, 0.1) is 5.82 Å². The maximum absolute atomic E-state index is 12.7. The first-order chi connectivity index (χ1) is 7.13. The molecule has 0 saturated carbocycles. The topological polar surface area (TPSA) is 72.2 Å². The van der Waals surface area contributed by atoms with E-state index in [9.17, 15) is 14.0 Å². The van der Waals surface area contributed by atoms with Gasteiger partial charge in [-0.2, -0.15) is 0 Å². The van der Waals surface area contributed by atoms with E-state index >= 15 is 0 Å². The van der Waals surface area contributed by atoms with Crippen LogP contribution in [0.2, 0.25) is 0 Å². The highest BCUT2D eigenvalue weighted by atomic mass is 19.1. The molecule has 80 valence electrons. The first-order valence-corrected chi connectivity index (χ1v) is 4.39. The molecule has 0 aliphatic rings. The van der Waals surface area contributed by atoms with Crippen LogP contribution in [0.15, 0.2) is 24.3 Å². The third kappa shape index (κ3) is 3.47. The van der Waals surface area contributed by atoms with Gasteiger partial charge in [-0.3, -0.25) is 9.59 Å². The Morgan fingerprint density at radius 1 is 1.40 bits per heavy atom. The van der Waals surface area contributed by atoms with E-state index < -0.39 is 11.7 Å². The second-order valence-corrected chi connectivity index (χ2v) is 2.94. The molecule has 0 bridgehead atoms. The van der Waals surface area contributed by atoms with Crippen LogP contribution in [-0.2, 0) is 16.1 Å². The smallest absolute Gasteiger partial charge is 0.289 e. The van der Waals surface area contributed by atoms with E-state index in [1.807, 2.05) is 0 Å². The fraction of sp³-hybridized carbons (Fsp3) is 0.200. The zero-order chi connectivity index (χ0) is 11.3. The molecular formula is C10H11FN2O2. The van der Waals surface area contributed by atoms with Crippen LogP contribution in [0.1, 0.15) is 5.56 Å². The van der Waals surface area contributed by atoms with Crippen molar-refractivity contribution in [3.05, 3.63) is 35.6 Å². The molecule has 3 N–H and O–H groups in total. The minimum absolute atomic E-state index is 0.113. The van der Waals surface area contributed by atoms with Crippen molar-refractivity contribution in [2.24, 2.45) is 5.73 Å². The van der Waals surface area contributed by atoms with Gasteiger partial charge < -0.3 is 11.1 Å². The number of benzene rings is 1. The van der Waals surface area contributed by atoms with Crippen molar-refractivity contribution in [3.8, 4) is 0 Å². The zero-order valence-corrected chi connectivity index (χ0v) is 8.00. The highest BCUT2D eigenvalue weighted by molar-refractivity contribution is 6.36. The molecule has 1 aromatic carbocycles. The van der Waals surface area contributed by atoms with Gasteiger partial charge in [0.05, 0.1) is 6.54 Å². The Morgan fingerprint density at radius 3 is 2.73 bits per heavy atom. The van der Waals surface area contributed by atoms with Crippen LogP contribution in [-0.4, -0.2) is 18.2 Å². The molecule has 1 rings (SSSR count). The Morgan fingerprint density at radius 2 is 2.13 bits per heavy atom. The highest BCUT2D eigenvalue weighted by Crippen LogP contribution is 2.02. The average Bonchev–Trinajstić information content (AvgIpc) is 2.25. The molecule has 1 aromatic rings. The van der Waals surface area contributed by atoms with E-state index in [1.165, 1.54) is 18.2 Å². The van der Waals surface area contributed by atoms with Gasteiger partial charge in [0.1, 0.15) is 5.82 Å². The van der Waals surface area contributed by atoms with Gasteiger partial charge in [-0.15, -0.1) is 0 Å². The molecule has 0 heterocycles. The standard InChI is InChI=1S/C10H11FN2O2/c11-8-3-1-2-7(4-8)6-13-10(15)9(14)5-12/h1-4H,5-6,12H2,(H,13,15). The molecule has 0 spiro atoms. The number of ketones is 1. The van der Waals surface area contributed by atoms with Gasteiger partial charge in [-0.05, 0) is 17.7 Å². The number of amides is 1. The van der Waals surface area contributed by atoms with Gasteiger partial charge >= 0.3 is 0 Å². The predicted molar refractivity (Wildman–Crippen MR) is 52.3 cm³/mol. The van der Waals surface area contributed by atoms with Gasteiger partial charge in [-0.25, -0.2) is 4.39 Å². The zero-order valence-electron chi connectivity index (χ0n) is 8.00. The average molecular weight is 210 g/mol. The van der Waals surface area contributed by atoms with Crippen molar-refractivity contribution >= 4 is 11.7 Å². The molecule has 4 nitrogen and oxygen atoms in total. The van der Waals surface area contributed by atoms with Crippen LogP contribution in [0.4, 0.5) is 4.39 Å². The van der Waals surface area contributed by atoms with E-state index in [4.69, 9.17) is 5.73 Å². The van der Waals surface area contributed by atoms with E-state index in [0.29, 0.717) is 5.56 Å². The third-order valence-electron chi connectivity index (χ3n) is 1.78. The van der Waals surface area contributed by atoms with E-state index in [-0.39, 0.29) is 18.9 Å². The molecule has 0 fully saturated rings. The number of hydrogen-bond donors (Lipinski definition) is 2. The molecule has 0 aliphatic heterocycles. The summed E-state index contributed by atoms with van der Waals surface area (Å²) >= 11 is 0. The summed E-state index contributed by atoms with van der Waals surface area (Å²) < 4.78 is 12.7. The molecular weight excluding hydrogens is 199 g/mol. The molecule has 0 radical (unpaired) electrons. The number of hydrogen-bond acceptors (Lipinski definition) is 3. The maximum atomic E-state index is 12.7. The van der Waals surface area contributed by atoms with Crippen LogP contribution >= 0.6 is 0 Å². The second-order valence-electron chi connectivity index (χ2n) is 2.94. The molecule has 0 unspecified atom stereocenters. The normalized spacial score (nSPS) is 9.73. The lowest BCUT2D eigenvalue weighted by molar-refractivity contribution is -0.137. The predicted octanol–water partition coefficient (Wildman–Crippen LogP) is -0.0303. The van der Waals surface area contributed by atoms with Crippen LogP contribution in [0.3, 0.4) is 0 Å². The molecule has 0 saturated heterocycles. The van der Waals surface area contributed by atoms with Crippen molar-refractivity contribution in [2.75, 3.05) is 6.54 Å². The Bertz CT molecular complexity index is 379. The molecule has 5 heteroatoms. The first-order valence-electron chi connectivity index (χ1n) is 4.39. The number of nitrogens with one attached hydrogen (secondary N) is 1. The van der Waals surface area contributed by atoms with Crippen LogP contribution in [0.25, 0.3) is 0 Å². The number of carbonyl (C=O) groups excluding carboxylic acids is 2. The van der Waals surface area contributed by atoms with E-state index in [0.717, 1.165) is 0 Å². The van der Waals surface area contributed by atoms with Gasteiger partial charge in [-0.1, -0.05) is 12.1 Å². The molecule has 0 aliphatic carbocycles. The summed E-state index contributed by atoms with van der Waals surface area (Å²) in [6, 6.07) is 5.77. The Hall–Kier alpha value is -1.75. The molecule has 1 amide bonds. The van der Waals surface area contributed by atoms with Gasteiger partial charge in [0.15, 0.2) is 0 Å². The van der Waals surface area contributed by atoms with Crippen molar-refractivity contribution in [2.45, 2.75) is 6.54 Å². The van der Waals surface area contributed by atoms with Gasteiger partial charge in [0.25, 0.3) is 5.91 Å². The minimum Gasteiger partial charge on any atom is -0.345 e. The fourth-order valence-corrected chi connectivity index (χ4v) is 1.02. The van der Waals surface area contributed by atoms with Crippen LogP contribution < -0.4 is 11.1 Å². The maximum Gasteiger partial charge on any atom is 0.289 e. The van der Waals surface area contributed by atoms with E-state index in [2.05, 4.69) is 5.32 Å². The van der Waals surface area contributed by atoms with E-state index in [1.54, 1.807) is 6.07 Å². The minimum atomic E-state index is -0.748. The SMILES string of the molecule is NCC(=O)C(=O)NCc1cccc(F)c1. The lowest BCUT2D eigenvalue weighted by Crippen LogP contribution is -2.34. The number of halogens is 1. The van der Waals surface area contributed by atoms with Crippen molar-refractivity contribution in [1.29, 1.82) is 0 Å². The summed E-state index contributed by atoms with van der Waals surface area (Å²) in [5.41, 5.74) is 5.59. The summed E-state index contributed by atoms with van der Waals surface area (Å²) in [5, 5.41) is 2.34. The highest BCUT2D eigenvalue weighted by Gasteiger charge is 2.10. The first kappa shape index (κ1) is 11.3. The second kappa shape index (κ2) is 5.21. The van der Waals surface area contributed by atoms with Crippen LogP contribution in [0.5, 0.6) is 0 Å². The Labute approximate surface area is 86.3 Å². The summed E-state index contributed by atoms with van der Waals surface area (Å²) in [5.74, 6) is -1.82. The summed E-state index contributed by atoms with van der Waals surface area (Å²) in [6.45, 7) is -0.211. The van der Waals surface area contributed by atoms with Crippen molar-refractivity contribution < 1.29 is 14.0 Å². The monoisotopic (exact) mass is 210 g/mol. The van der Waals surface area contributed by atoms with Crippen molar-refractivity contribution in [1.82, 2.24) is 5.32 Å². The molecule has 0 atom stereocenters. The molecule has 15 heavy (non-hydrogen) atoms. The number of Topliss-reactive ketones (excluding diaryl/α,β-unsaturated/α-hetero) is 1. The number of carbonyl (C=O) groups is 2. The molecule has 0 aromatic heterocycles. The largest absolute Gasteiger partial charge is 0.345 e. The fourth-order valence-electron chi connectivity index (χ4n) is 1.02. The van der Waals surface area contributed by atoms with Crippen molar-refractivity contribution in [3.63, 3.8) is 0 Å². The van der Waals surface area contributed by atoms with Gasteiger partial charge in [0.2, 0.25) is 5.78 Å². The number of nitrogens with two attached hydrogens (primary N) is 1. The lowest BCUT2D eigenvalue weighted by atomic mass is 10.2. The summed E-state index contributed by atoms with van der Waals surface area (Å²) in [4.78, 5) is 21.8. The van der Waals surface area contributed by atoms with Gasteiger partial charge in [0, 0.05) is 6.54 Å². The Balaban J connectivity index is 2.50. The summed E-state index contributed by atoms with van der Waals surface area (Å²) in [7, 11) is 0. The quantitative estimate of drug-likeness (QED) is 0.685. The number of rotatable bonds is 4. The lowest BCUT2D eigenvalue weighted by Gasteiger charge is -2.03. The summed E-state index contributed by atoms with van der Waals surface area (Å²) in [6.07, 6.45) is 0.